The van der Waals surface area contributed by atoms with Gasteiger partial charge in [-0.25, -0.2) is 0 Å². The molecule has 1 aliphatic heterocycles. The van der Waals surface area contributed by atoms with E-state index in [9.17, 15) is 0 Å². The summed E-state index contributed by atoms with van der Waals surface area (Å²) < 4.78 is 14.0. The zero-order chi connectivity index (χ0) is 21.9. The molecule has 4 nitrogen and oxygen atoms in total. The first kappa shape index (κ1) is 20.4. The average molecular weight is 425 g/mol. The Morgan fingerprint density at radius 3 is 2.22 bits per heavy atom. The van der Waals surface area contributed by atoms with E-state index in [1.54, 1.807) is 0 Å². The van der Waals surface area contributed by atoms with Crippen molar-refractivity contribution in [1.29, 1.82) is 0 Å². The first-order chi connectivity index (χ1) is 15.8. The normalized spacial score (nSPS) is 14.9. The molecular weight excluding hydrogens is 396 g/mol. The lowest BCUT2D eigenvalue weighted by molar-refractivity contribution is 0.287. The third kappa shape index (κ3) is 3.78. The van der Waals surface area contributed by atoms with Crippen LogP contribution in [0.1, 0.15) is 36.7 Å². The quantitative estimate of drug-likeness (QED) is 0.404. The van der Waals surface area contributed by atoms with Gasteiger partial charge in [0.15, 0.2) is 11.5 Å². The summed E-state index contributed by atoms with van der Waals surface area (Å²) in [4.78, 5) is 0. The molecular formula is C28H28N2O2. The van der Waals surface area contributed by atoms with E-state index in [4.69, 9.17) is 9.47 Å². The lowest BCUT2D eigenvalue weighted by Crippen LogP contribution is -2.21. The molecule has 32 heavy (non-hydrogen) atoms. The molecule has 0 aliphatic carbocycles. The van der Waals surface area contributed by atoms with Crippen molar-refractivity contribution in [2.75, 3.05) is 13.2 Å². The van der Waals surface area contributed by atoms with Gasteiger partial charge in [0.25, 0.3) is 0 Å². The number of hydrogen-bond acceptors (Lipinski definition) is 3. The fourth-order valence-corrected chi connectivity index (χ4v) is 4.45. The van der Waals surface area contributed by atoms with Crippen LogP contribution in [0.4, 0.5) is 0 Å². The Morgan fingerprint density at radius 2 is 1.50 bits per heavy atom. The van der Waals surface area contributed by atoms with Crippen LogP contribution in [-0.4, -0.2) is 17.8 Å². The lowest BCUT2D eigenvalue weighted by Gasteiger charge is -2.18. The smallest absolute Gasteiger partial charge is 0.163 e. The zero-order valence-electron chi connectivity index (χ0n) is 18.5. The molecule has 4 heteroatoms. The van der Waals surface area contributed by atoms with Crippen LogP contribution < -0.4 is 14.8 Å². The monoisotopic (exact) mass is 424 g/mol. The number of hydrogen-bond donors (Lipinski definition) is 1. The van der Waals surface area contributed by atoms with Crippen LogP contribution in [0, 0.1) is 0 Å². The van der Waals surface area contributed by atoms with Gasteiger partial charge >= 0.3 is 0 Å². The fraction of sp³-hybridized carbons (Fsp3) is 0.214. The summed E-state index contributed by atoms with van der Waals surface area (Å²) >= 11 is 0. The second kappa shape index (κ2) is 8.93. The molecule has 1 aromatic heterocycles. The van der Waals surface area contributed by atoms with Crippen molar-refractivity contribution in [2.45, 2.75) is 26.4 Å². The Kier molecular flexibility index (Phi) is 5.70. The number of benzene rings is 3. The Labute approximate surface area is 189 Å². The molecule has 3 aromatic carbocycles. The standard InChI is InChI=1S/C28H28N2O2/c1-3-31-26-17-23-19-29-28(22-14-12-21(13-15-22)20-9-6-5-7-10-20)24-11-8-16-30(24)25(23)18-27(26)32-4-2/h5-18,28-29H,3-4,19H2,1-2H3/t28-/m0/s1. The summed E-state index contributed by atoms with van der Waals surface area (Å²) in [6.45, 7) is 5.95. The Hall–Kier alpha value is -3.50. The molecule has 0 bridgehead atoms. The van der Waals surface area contributed by atoms with Crippen LogP contribution in [0.15, 0.2) is 85.1 Å². The highest BCUT2D eigenvalue weighted by molar-refractivity contribution is 5.64. The van der Waals surface area contributed by atoms with Crippen molar-refractivity contribution in [3.8, 4) is 28.3 Å². The molecule has 4 aromatic rings. The first-order valence-corrected chi connectivity index (χ1v) is 11.3. The molecule has 0 unspecified atom stereocenters. The minimum absolute atomic E-state index is 0.0910. The number of fused-ring (bicyclic) bond motifs is 3. The molecule has 0 saturated heterocycles. The van der Waals surface area contributed by atoms with E-state index in [0.29, 0.717) is 13.2 Å². The van der Waals surface area contributed by atoms with Crippen molar-refractivity contribution in [1.82, 2.24) is 9.88 Å². The van der Waals surface area contributed by atoms with E-state index in [0.717, 1.165) is 23.7 Å². The summed E-state index contributed by atoms with van der Waals surface area (Å²) in [5, 5.41) is 3.76. The minimum Gasteiger partial charge on any atom is -0.490 e. The van der Waals surface area contributed by atoms with Gasteiger partial charge in [-0.3, -0.25) is 0 Å². The molecule has 5 rings (SSSR count). The predicted octanol–water partition coefficient (Wildman–Crippen LogP) is 6.13. The number of nitrogens with zero attached hydrogens (tertiary/aromatic N) is 1. The van der Waals surface area contributed by atoms with Gasteiger partial charge < -0.3 is 19.4 Å². The summed E-state index contributed by atoms with van der Waals surface area (Å²) in [6.07, 6.45) is 2.13. The molecule has 162 valence electrons. The Morgan fingerprint density at radius 1 is 0.812 bits per heavy atom. The highest BCUT2D eigenvalue weighted by Gasteiger charge is 2.24. The lowest BCUT2D eigenvalue weighted by atomic mass is 9.99. The summed E-state index contributed by atoms with van der Waals surface area (Å²) in [7, 11) is 0. The third-order valence-electron chi connectivity index (χ3n) is 5.93. The van der Waals surface area contributed by atoms with Crippen molar-refractivity contribution < 1.29 is 9.47 Å². The fourth-order valence-electron chi connectivity index (χ4n) is 4.45. The predicted molar refractivity (Wildman–Crippen MR) is 129 cm³/mol. The largest absolute Gasteiger partial charge is 0.490 e. The SMILES string of the molecule is CCOc1cc2c(cc1OCC)-n1cccc1[C@H](c1ccc(-c3ccccc3)cc1)NC2. The van der Waals surface area contributed by atoms with Crippen LogP contribution in [0.5, 0.6) is 11.5 Å². The van der Waals surface area contributed by atoms with E-state index < -0.39 is 0 Å². The Bertz CT molecular complexity index is 1200. The van der Waals surface area contributed by atoms with Gasteiger partial charge in [-0.05, 0) is 54.3 Å². The van der Waals surface area contributed by atoms with E-state index in [2.05, 4.69) is 88.9 Å². The van der Waals surface area contributed by atoms with Gasteiger partial charge in [0, 0.05) is 24.5 Å². The van der Waals surface area contributed by atoms with E-state index in [-0.39, 0.29) is 6.04 Å². The molecule has 0 spiro atoms. The maximum Gasteiger partial charge on any atom is 0.163 e. The van der Waals surface area contributed by atoms with Gasteiger partial charge in [-0.1, -0.05) is 54.6 Å². The minimum atomic E-state index is 0.0910. The summed E-state index contributed by atoms with van der Waals surface area (Å²) in [6, 6.07) is 28.0. The number of aromatic nitrogens is 1. The summed E-state index contributed by atoms with van der Waals surface area (Å²) in [5.41, 5.74) is 7.24. The van der Waals surface area contributed by atoms with Crippen LogP contribution in [0.3, 0.4) is 0 Å². The van der Waals surface area contributed by atoms with Gasteiger partial charge in [-0.2, -0.15) is 0 Å². The van der Waals surface area contributed by atoms with Crippen LogP contribution in [0.2, 0.25) is 0 Å². The Balaban J connectivity index is 1.52. The molecule has 2 heterocycles. The average Bonchev–Trinajstić information content (AvgIpc) is 3.26. The van der Waals surface area contributed by atoms with Crippen LogP contribution in [0.25, 0.3) is 16.8 Å². The zero-order valence-corrected chi connectivity index (χ0v) is 18.5. The topological polar surface area (TPSA) is 35.4 Å². The highest BCUT2D eigenvalue weighted by Crippen LogP contribution is 2.37. The van der Waals surface area contributed by atoms with Gasteiger partial charge in [-0.15, -0.1) is 0 Å². The number of rotatable bonds is 6. The van der Waals surface area contributed by atoms with E-state index >= 15 is 0 Å². The molecule has 0 fully saturated rings. The molecule has 1 atom stereocenters. The second-order valence-electron chi connectivity index (χ2n) is 7.90. The number of ether oxygens (including phenoxy) is 2. The first-order valence-electron chi connectivity index (χ1n) is 11.3. The third-order valence-corrected chi connectivity index (χ3v) is 5.93. The van der Waals surface area contributed by atoms with Gasteiger partial charge in [0.2, 0.25) is 0 Å². The van der Waals surface area contributed by atoms with Crippen LogP contribution >= 0.6 is 0 Å². The second-order valence-corrected chi connectivity index (χ2v) is 7.90. The van der Waals surface area contributed by atoms with Gasteiger partial charge in [0.1, 0.15) is 0 Å². The van der Waals surface area contributed by atoms with E-state index in [1.807, 2.05) is 19.9 Å². The van der Waals surface area contributed by atoms with Crippen molar-refractivity contribution in [3.63, 3.8) is 0 Å². The highest BCUT2D eigenvalue weighted by atomic mass is 16.5. The summed E-state index contributed by atoms with van der Waals surface area (Å²) in [5.74, 6) is 1.59. The molecule has 1 aliphatic rings. The molecule has 0 radical (unpaired) electrons. The molecule has 0 amide bonds. The maximum atomic E-state index is 5.90. The molecule has 1 N–H and O–H groups in total. The van der Waals surface area contributed by atoms with Crippen molar-refractivity contribution in [2.24, 2.45) is 0 Å². The van der Waals surface area contributed by atoms with Crippen molar-refractivity contribution >= 4 is 0 Å². The number of nitrogens with one attached hydrogen (secondary N) is 1. The van der Waals surface area contributed by atoms with Crippen molar-refractivity contribution in [3.05, 3.63) is 102 Å². The maximum absolute atomic E-state index is 5.90. The van der Waals surface area contributed by atoms with E-state index in [1.165, 1.54) is 27.9 Å². The van der Waals surface area contributed by atoms with Crippen LogP contribution in [-0.2, 0) is 6.54 Å². The molecule has 0 saturated carbocycles. The van der Waals surface area contributed by atoms with Gasteiger partial charge in [0.05, 0.1) is 24.9 Å².